The van der Waals surface area contributed by atoms with Crippen molar-refractivity contribution >= 4 is 17.6 Å². The highest BCUT2D eigenvalue weighted by Gasteiger charge is 2.51. The minimum Gasteiger partial charge on any atom is -0.379 e. The summed E-state index contributed by atoms with van der Waals surface area (Å²) >= 11 is 0. The first kappa shape index (κ1) is 19.4. The lowest BCUT2D eigenvalue weighted by molar-refractivity contribution is -0.119. The molecule has 0 saturated carbocycles. The van der Waals surface area contributed by atoms with Crippen LogP contribution in [-0.4, -0.2) is 73.2 Å². The van der Waals surface area contributed by atoms with E-state index in [1.165, 1.54) is 10.5 Å². The van der Waals surface area contributed by atoms with Gasteiger partial charge in [-0.15, -0.1) is 0 Å². The van der Waals surface area contributed by atoms with Crippen molar-refractivity contribution in [3.05, 3.63) is 29.8 Å². The molecule has 0 spiro atoms. The molecule has 7 heteroatoms. The second-order valence-electron chi connectivity index (χ2n) is 8.68. The number of ether oxygens (including phenoxy) is 1. The highest BCUT2D eigenvalue weighted by atomic mass is 16.5. The molecule has 4 rings (SSSR count). The first-order valence-electron chi connectivity index (χ1n) is 10.2. The molecule has 0 aromatic heterocycles. The lowest BCUT2D eigenvalue weighted by atomic mass is 9.81. The van der Waals surface area contributed by atoms with Crippen molar-refractivity contribution in [3.8, 4) is 0 Å². The van der Waals surface area contributed by atoms with E-state index >= 15 is 0 Å². The molecule has 28 heavy (non-hydrogen) atoms. The number of carbonyl (C=O) groups is 2. The summed E-state index contributed by atoms with van der Waals surface area (Å²) in [5.74, 6) is -0.200. The van der Waals surface area contributed by atoms with E-state index in [9.17, 15) is 9.59 Å². The smallest absolute Gasteiger partial charge is 0.332 e. The molecule has 3 heterocycles. The summed E-state index contributed by atoms with van der Waals surface area (Å²) in [4.78, 5) is 30.7. The van der Waals surface area contributed by atoms with Crippen molar-refractivity contribution in [1.82, 2.24) is 9.80 Å². The van der Waals surface area contributed by atoms with Gasteiger partial charge in [-0.05, 0) is 42.5 Å². The molecule has 0 bridgehead atoms. The van der Waals surface area contributed by atoms with Crippen LogP contribution in [0.25, 0.3) is 0 Å². The molecule has 1 aromatic rings. The third-order valence-corrected chi connectivity index (χ3v) is 6.42. The van der Waals surface area contributed by atoms with Crippen molar-refractivity contribution in [3.63, 3.8) is 0 Å². The fourth-order valence-corrected chi connectivity index (χ4v) is 4.41. The van der Waals surface area contributed by atoms with Crippen molar-refractivity contribution in [2.75, 3.05) is 44.3 Å². The Kier molecular flexibility index (Phi) is 5.16. The van der Waals surface area contributed by atoms with Crippen LogP contribution >= 0.6 is 0 Å². The Morgan fingerprint density at radius 1 is 1.11 bits per heavy atom. The highest BCUT2D eigenvalue weighted by Crippen LogP contribution is 2.33. The van der Waals surface area contributed by atoms with Crippen LogP contribution in [0.3, 0.4) is 0 Å². The van der Waals surface area contributed by atoms with Gasteiger partial charge in [0.1, 0.15) is 6.04 Å². The third-order valence-electron chi connectivity index (χ3n) is 6.42. The van der Waals surface area contributed by atoms with Gasteiger partial charge in [0.2, 0.25) is 0 Å². The number of morpholine rings is 1. The molecule has 0 radical (unpaired) electrons. The molecular formula is C21H30N4O3. The second kappa shape index (κ2) is 7.46. The van der Waals surface area contributed by atoms with Crippen LogP contribution in [-0.2, 0) is 14.9 Å². The summed E-state index contributed by atoms with van der Waals surface area (Å²) in [5, 5.41) is 0. The van der Waals surface area contributed by atoms with Crippen molar-refractivity contribution in [1.29, 1.82) is 0 Å². The molecule has 0 unspecified atom stereocenters. The summed E-state index contributed by atoms with van der Waals surface area (Å²) in [7, 11) is 0. The second-order valence-corrected chi connectivity index (χ2v) is 8.68. The number of nitrogens with zero attached hydrogens (tertiary/aromatic N) is 3. The molecule has 152 valence electrons. The Bertz CT molecular complexity index is 743. The number of nitrogens with two attached hydrogens (primary N) is 1. The number of carbonyl (C=O) groups excluding carboxylic acids is 2. The SMILES string of the molecule is CC(C)(CCN1CCOCC1)c1ccc(N2C(=O)[C@@H]3[C@H](N)CCN3C2=O)cc1. The van der Waals surface area contributed by atoms with Gasteiger partial charge in [0.15, 0.2) is 0 Å². The number of hydrogen-bond acceptors (Lipinski definition) is 5. The number of hydrogen-bond donors (Lipinski definition) is 1. The zero-order valence-corrected chi connectivity index (χ0v) is 16.8. The molecular weight excluding hydrogens is 356 g/mol. The van der Waals surface area contributed by atoms with Gasteiger partial charge in [-0.25, -0.2) is 9.69 Å². The Balaban J connectivity index is 1.44. The lowest BCUT2D eigenvalue weighted by Gasteiger charge is -2.32. The third kappa shape index (κ3) is 3.43. The monoisotopic (exact) mass is 386 g/mol. The maximum Gasteiger partial charge on any atom is 0.332 e. The quantitative estimate of drug-likeness (QED) is 0.777. The van der Waals surface area contributed by atoms with Crippen LogP contribution in [0.1, 0.15) is 32.3 Å². The van der Waals surface area contributed by atoms with Crippen LogP contribution < -0.4 is 10.6 Å². The molecule has 2 N–H and O–H groups in total. The molecule has 7 nitrogen and oxygen atoms in total. The van der Waals surface area contributed by atoms with Crippen LogP contribution in [0.2, 0.25) is 0 Å². The highest BCUT2D eigenvalue weighted by molar-refractivity contribution is 6.21. The Hall–Kier alpha value is -1.96. The fourth-order valence-electron chi connectivity index (χ4n) is 4.41. The van der Waals surface area contributed by atoms with Crippen LogP contribution in [0, 0.1) is 0 Å². The van der Waals surface area contributed by atoms with E-state index in [-0.39, 0.29) is 23.4 Å². The number of amides is 3. The van der Waals surface area contributed by atoms with Gasteiger partial charge in [-0.2, -0.15) is 0 Å². The molecule has 3 fully saturated rings. The molecule has 3 saturated heterocycles. The molecule has 2 atom stereocenters. The molecule has 3 aliphatic heterocycles. The largest absolute Gasteiger partial charge is 0.379 e. The Labute approximate surface area is 166 Å². The van der Waals surface area contributed by atoms with Gasteiger partial charge in [-0.3, -0.25) is 9.69 Å². The molecule has 1 aromatic carbocycles. The predicted molar refractivity (Wildman–Crippen MR) is 107 cm³/mol. The average Bonchev–Trinajstić information content (AvgIpc) is 3.20. The van der Waals surface area contributed by atoms with E-state index in [1.807, 2.05) is 24.3 Å². The summed E-state index contributed by atoms with van der Waals surface area (Å²) in [6.07, 6.45) is 1.73. The topological polar surface area (TPSA) is 79.1 Å². The Morgan fingerprint density at radius 2 is 1.79 bits per heavy atom. The van der Waals surface area contributed by atoms with E-state index in [1.54, 1.807) is 4.90 Å². The standard InChI is InChI=1S/C21H30N4O3/c1-21(2,8-10-23-11-13-28-14-12-23)15-3-5-16(6-4-15)25-19(26)18-17(22)7-9-24(18)20(25)27/h3-6,17-18H,7-14,22H2,1-2H3/t17-,18+/m1/s1. The minimum atomic E-state index is -0.503. The average molecular weight is 386 g/mol. The number of imide groups is 1. The van der Waals surface area contributed by atoms with Gasteiger partial charge in [0, 0.05) is 25.7 Å². The number of benzene rings is 1. The lowest BCUT2D eigenvalue weighted by Crippen LogP contribution is -2.41. The first-order chi connectivity index (χ1) is 13.4. The van der Waals surface area contributed by atoms with Gasteiger partial charge < -0.3 is 15.4 Å². The fraction of sp³-hybridized carbons (Fsp3) is 0.619. The van der Waals surface area contributed by atoms with E-state index in [0.717, 1.165) is 39.3 Å². The van der Waals surface area contributed by atoms with Crippen molar-refractivity contribution < 1.29 is 14.3 Å². The van der Waals surface area contributed by atoms with Gasteiger partial charge in [-0.1, -0.05) is 26.0 Å². The number of urea groups is 1. The van der Waals surface area contributed by atoms with Gasteiger partial charge >= 0.3 is 6.03 Å². The van der Waals surface area contributed by atoms with E-state index in [0.29, 0.717) is 18.7 Å². The molecule has 3 aliphatic rings. The van der Waals surface area contributed by atoms with Gasteiger partial charge in [0.05, 0.1) is 18.9 Å². The summed E-state index contributed by atoms with van der Waals surface area (Å²) in [5.41, 5.74) is 7.89. The van der Waals surface area contributed by atoms with E-state index < -0.39 is 6.04 Å². The van der Waals surface area contributed by atoms with Crippen LogP contribution in [0.15, 0.2) is 24.3 Å². The van der Waals surface area contributed by atoms with Crippen LogP contribution in [0.4, 0.5) is 10.5 Å². The van der Waals surface area contributed by atoms with E-state index in [4.69, 9.17) is 10.5 Å². The van der Waals surface area contributed by atoms with Crippen molar-refractivity contribution in [2.24, 2.45) is 5.73 Å². The van der Waals surface area contributed by atoms with Crippen LogP contribution in [0.5, 0.6) is 0 Å². The maximum absolute atomic E-state index is 12.7. The first-order valence-corrected chi connectivity index (χ1v) is 10.2. The Morgan fingerprint density at radius 3 is 2.43 bits per heavy atom. The number of fused-ring (bicyclic) bond motifs is 1. The number of anilines is 1. The summed E-state index contributed by atoms with van der Waals surface area (Å²) < 4.78 is 5.42. The summed E-state index contributed by atoms with van der Waals surface area (Å²) in [6.45, 7) is 9.69. The minimum absolute atomic E-state index is 0.0121. The van der Waals surface area contributed by atoms with Crippen molar-refractivity contribution in [2.45, 2.75) is 44.2 Å². The normalized spacial score (nSPS) is 26.2. The van der Waals surface area contributed by atoms with E-state index in [2.05, 4.69) is 18.7 Å². The zero-order valence-electron chi connectivity index (χ0n) is 16.8. The van der Waals surface area contributed by atoms with Gasteiger partial charge in [0.25, 0.3) is 5.91 Å². The summed E-state index contributed by atoms with van der Waals surface area (Å²) in [6, 6.07) is 6.83. The molecule has 3 amide bonds. The maximum atomic E-state index is 12.7. The predicted octanol–water partition coefficient (Wildman–Crippen LogP) is 1.55. The molecule has 0 aliphatic carbocycles. The zero-order chi connectivity index (χ0) is 19.9. The number of rotatable bonds is 5.